The number of carbonyl (C=O) groups excluding carboxylic acids is 2. The van der Waals surface area contributed by atoms with Gasteiger partial charge in [-0.3, -0.25) is 9.89 Å². The summed E-state index contributed by atoms with van der Waals surface area (Å²) in [5, 5.41) is 17.3. The van der Waals surface area contributed by atoms with Gasteiger partial charge in [-0.25, -0.2) is 4.79 Å². The molecule has 2 N–H and O–H groups in total. The number of aliphatic hydroxyl groups is 1. The molecule has 1 amide bonds. The molecule has 0 bridgehead atoms. The summed E-state index contributed by atoms with van der Waals surface area (Å²) in [6.45, 7) is 1.05. The number of aryl methyl sites for hydroxylation is 1. The summed E-state index contributed by atoms with van der Waals surface area (Å²) in [5.74, 6) is -0.796. The molecule has 0 saturated carbocycles. The monoisotopic (exact) mass is 335 g/mol. The first kappa shape index (κ1) is 17.0. The third-order valence-electron chi connectivity index (χ3n) is 5.22. The predicted octanol–water partition coefficient (Wildman–Crippen LogP) is 1.06. The van der Waals surface area contributed by atoms with E-state index in [1.807, 2.05) is 0 Å². The summed E-state index contributed by atoms with van der Waals surface area (Å²) in [7, 11) is 1.27. The Morgan fingerprint density at radius 2 is 1.96 bits per heavy atom. The van der Waals surface area contributed by atoms with Gasteiger partial charge >= 0.3 is 5.97 Å². The van der Waals surface area contributed by atoms with Crippen molar-refractivity contribution >= 4 is 11.9 Å². The molecule has 0 radical (unpaired) electrons. The van der Waals surface area contributed by atoms with E-state index in [2.05, 4.69) is 14.9 Å². The molecule has 0 aromatic carbocycles. The maximum absolute atomic E-state index is 12.8. The molecule has 1 aromatic heterocycles. The third-order valence-corrected chi connectivity index (χ3v) is 5.22. The van der Waals surface area contributed by atoms with Crippen LogP contribution in [0.3, 0.4) is 0 Å². The zero-order valence-corrected chi connectivity index (χ0v) is 14.1. The number of aromatic nitrogens is 2. The Bertz CT molecular complexity index is 605. The number of methoxy groups -OCH3 is 1. The van der Waals surface area contributed by atoms with E-state index in [4.69, 9.17) is 0 Å². The van der Waals surface area contributed by atoms with E-state index in [9.17, 15) is 14.7 Å². The largest absolute Gasteiger partial charge is 0.467 e. The minimum Gasteiger partial charge on any atom is -0.467 e. The number of hydrogen-bond donors (Lipinski definition) is 2. The normalized spacial score (nSPS) is 20.2. The lowest BCUT2D eigenvalue weighted by Gasteiger charge is -2.33. The number of aliphatic hydroxyl groups excluding tert-OH is 1. The Kier molecular flexibility index (Phi) is 5.18. The van der Waals surface area contributed by atoms with Gasteiger partial charge in [0, 0.05) is 24.3 Å². The summed E-state index contributed by atoms with van der Waals surface area (Å²) in [5.41, 5.74) is 2.74. The molecule has 7 heteroatoms. The molecule has 24 heavy (non-hydrogen) atoms. The summed E-state index contributed by atoms with van der Waals surface area (Å²) in [4.78, 5) is 26.0. The second-order valence-corrected chi connectivity index (χ2v) is 6.69. The smallest absolute Gasteiger partial charge is 0.334 e. The van der Waals surface area contributed by atoms with E-state index < -0.39 is 12.1 Å². The van der Waals surface area contributed by atoms with Crippen LogP contribution in [0.4, 0.5) is 0 Å². The SMILES string of the molecule is COC(=O)[C@@H](O)C1CCN(C(=O)c2n[nH]c3c2CCCCC3)CC1. The van der Waals surface area contributed by atoms with Crippen molar-refractivity contribution in [1.82, 2.24) is 15.1 Å². The zero-order chi connectivity index (χ0) is 17.1. The van der Waals surface area contributed by atoms with Gasteiger partial charge in [0.25, 0.3) is 5.91 Å². The molecule has 3 rings (SSSR count). The lowest BCUT2D eigenvalue weighted by Crippen LogP contribution is -2.43. The Hall–Kier alpha value is -1.89. The number of ether oxygens (including phenoxy) is 1. The molecular weight excluding hydrogens is 310 g/mol. The van der Waals surface area contributed by atoms with Gasteiger partial charge in [-0.2, -0.15) is 5.10 Å². The lowest BCUT2D eigenvalue weighted by atomic mass is 9.91. The van der Waals surface area contributed by atoms with Crippen LogP contribution < -0.4 is 0 Å². The number of fused-ring (bicyclic) bond motifs is 1. The van der Waals surface area contributed by atoms with E-state index in [0.29, 0.717) is 31.6 Å². The Morgan fingerprint density at radius 1 is 1.25 bits per heavy atom. The number of piperidine rings is 1. The molecule has 1 aromatic rings. The van der Waals surface area contributed by atoms with E-state index >= 15 is 0 Å². The van der Waals surface area contributed by atoms with Crippen LogP contribution in [0.5, 0.6) is 0 Å². The average Bonchev–Trinajstić information content (AvgIpc) is 2.88. The number of aromatic amines is 1. The zero-order valence-electron chi connectivity index (χ0n) is 14.1. The van der Waals surface area contributed by atoms with E-state index in [0.717, 1.165) is 36.9 Å². The standard InChI is InChI=1S/C17H25N3O4/c1-24-17(23)15(21)11-7-9-20(10-8-11)16(22)14-12-5-3-2-4-6-13(12)18-19-14/h11,15,21H,2-10H2,1H3,(H,18,19)/t15-/m0/s1. The van der Waals surface area contributed by atoms with Crippen LogP contribution in [-0.4, -0.2) is 58.4 Å². The number of nitrogens with one attached hydrogen (secondary N) is 1. The van der Waals surface area contributed by atoms with Gasteiger partial charge in [0.2, 0.25) is 0 Å². The number of nitrogens with zero attached hydrogens (tertiary/aromatic N) is 2. The van der Waals surface area contributed by atoms with Crippen LogP contribution in [0.15, 0.2) is 0 Å². The van der Waals surface area contributed by atoms with Crippen LogP contribution in [-0.2, 0) is 22.4 Å². The fourth-order valence-electron chi connectivity index (χ4n) is 3.72. The van der Waals surface area contributed by atoms with Crippen molar-refractivity contribution in [3.63, 3.8) is 0 Å². The van der Waals surface area contributed by atoms with Gasteiger partial charge < -0.3 is 14.7 Å². The quantitative estimate of drug-likeness (QED) is 0.636. The van der Waals surface area contributed by atoms with Crippen LogP contribution in [0, 0.1) is 5.92 Å². The molecule has 1 fully saturated rings. The highest BCUT2D eigenvalue weighted by Gasteiger charge is 2.33. The van der Waals surface area contributed by atoms with Crippen LogP contribution >= 0.6 is 0 Å². The summed E-state index contributed by atoms with van der Waals surface area (Å²) >= 11 is 0. The fraction of sp³-hybridized carbons (Fsp3) is 0.706. The lowest BCUT2D eigenvalue weighted by molar-refractivity contribution is -0.154. The molecule has 2 aliphatic rings. The van der Waals surface area contributed by atoms with E-state index in [1.54, 1.807) is 4.90 Å². The molecule has 7 nitrogen and oxygen atoms in total. The minimum atomic E-state index is -1.10. The number of rotatable bonds is 3. The molecule has 1 aliphatic carbocycles. The molecule has 1 aliphatic heterocycles. The number of carbonyl (C=O) groups is 2. The van der Waals surface area contributed by atoms with Gasteiger partial charge in [0.15, 0.2) is 11.8 Å². The first-order valence-corrected chi connectivity index (χ1v) is 8.73. The van der Waals surface area contributed by atoms with E-state index in [-0.39, 0.29) is 11.8 Å². The number of hydrogen-bond acceptors (Lipinski definition) is 5. The van der Waals surface area contributed by atoms with Crippen LogP contribution in [0.1, 0.15) is 53.8 Å². The highest BCUT2D eigenvalue weighted by molar-refractivity contribution is 5.94. The topological polar surface area (TPSA) is 95.5 Å². The Morgan fingerprint density at radius 3 is 2.67 bits per heavy atom. The van der Waals surface area contributed by atoms with Crippen molar-refractivity contribution < 1.29 is 19.4 Å². The summed E-state index contributed by atoms with van der Waals surface area (Å²) in [6.07, 6.45) is 5.37. The second-order valence-electron chi connectivity index (χ2n) is 6.69. The fourth-order valence-corrected chi connectivity index (χ4v) is 3.72. The van der Waals surface area contributed by atoms with Gasteiger partial charge in [0.05, 0.1) is 7.11 Å². The molecular formula is C17H25N3O4. The molecule has 1 saturated heterocycles. The molecule has 0 spiro atoms. The number of esters is 1. The second kappa shape index (κ2) is 7.34. The molecule has 1 atom stereocenters. The third kappa shape index (κ3) is 3.31. The first-order valence-electron chi connectivity index (χ1n) is 8.73. The van der Waals surface area contributed by atoms with Crippen molar-refractivity contribution in [2.24, 2.45) is 5.92 Å². The van der Waals surface area contributed by atoms with E-state index in [1.165, 1.54) is 13.5 Å². The van der Waals surface area contributed by atoms with Crippen molar-refractivity contribution in [2.45, 2.75) is 51.0 Å². The van der Waals surface area contributed by atoms with Crippen LogP contribution in [0.2, 0.25) is 0 Å². The van der Waals surface area contributed by atoms with Crippen molar-refractivity contribution in [1.29, 1.82) is 0 Å². The van der Waals surface area contributed by atoms with Crippen LogP contribution in [0.25, 0.3) is 0 Å². The average molecular weight is 335 g/mol. The maximum atomic E-state index is 12.8. The Balaban J connectivity index is 1.64. The number of amides is 1. The van der Waals surface area contributed by atoms with Crippen molar-refractivity contribution in [3.05, 3.63) is 17.0 Å². The van der Waals surface area contributed by atoms with Gasteiger partial charge in [-0.05, 0) is 44.4 Å². The van der Waals surface area contributed by atoms with Crippen molar-refractivity contribution in [3.8, 4) is 0 Å². The number of H-pyrrole nitrogens is 1. The van der Waals surface area contributed by atoms with Gasteiger partial charge in [0.1, 0.15) is 0 Å². The van der Waals surface area contributed by atoms with Gasteiger partial charge in [-0.1, -0.05) is 6.42 Å². The highest BCUT2D eigenvalue weighted by atomic mass is 16.5. The first-order chi connectivity index (χ1) is 11.6. The molecule has 132 valence electrons. The number of likely N-dealkylation sites (tertiary alicyclic amines) is 1. The molecule has 2 heterocycles. The molecule has 0 unspecified atom stereocenters. The maximum Gasteiger partial charge on any atom is 0.334 e. The Labute approximate surface area is 141 Å². The minimum absolute atomic E-state index is 0.0413. The highest BCUT2D eigenvalue weighted by Crippen LogP contribution is 2.26. The summed E-state index contributed by atoms with van der Waals surface area (Å²) in [6, 6.07) is 0. The predicted molar refractivity (Wildman–Crippen MR) is 86.5 cm³/mol. The van der Waals surface area contributed by atoms with Gasteiger partial charge in [-0.15, -0.1) is 0 Å². The van der Waals surface area contributed by atoms with Crippen molar-refractivity contribution in [2.75, 3.05) is 20.2 Å². The summed E-state index contributed by atoms with van der Waals surface area (Å²) < 4.78 is 4.59.